The molecule has 2 saturated heterocycles. The predicted molar refractivity (Wildman–Crippen MR) is 48.9 cm³/mol. The maximum atomic E-state index is 3.98. The zero-order valence-corrected chi connectivity index (χ0v) is 7.92. The number of hydrogen-bond acceptors (Lipinski definition) is 2. The van der Waals surface area contributed by atoms with Gasteiger partial charge in [0.05, 0.1) is 13.1 Å². The van der Waals surface area contributed by atoms with Gasteiger partial charge in [0.1, 0.15) is 6.04 Å². The minimum absolute atomic E-state index is 0.839. The van der Waals surface area contributed by atoms with Gasteiger partial charge in [-0.1, -0.05) is 0 Å². The molecule has 0 spiro atoms. The molecule has 2 aliphatic rings. The summed E-state index contributed by atoms with van der Waals surface area (Å²) in [6.45, 7) is 7.50. The van der Waals surface area contributed by atoms with E-state index in [4.69, 9.17) is 0 Å². The van der Waals surface area contributed by atoms with Gasteiger partial charge in [-0.2, -0.15) is 7.05 Å². The van der Waals surface area contributed by atoms with Gasteiger partial charge in [-0.05, 0) is 7.05 Å². The van der Waals surface area contributed by atoms with Crippen molar-refractivity contribution in [3.05, 3.63) is 7.05 Å². The molecule has 12 heavy (non-hydrogen) atoms. The van der Waals surface area contributed by atoms with Gasteiger partial charge in [-0.25, -0.2) is 0 Å². The minimum atomic E-state index is 0.839. The van der Waals surface area contributed by atoms with Crippen LogP contribution in [0.25, 0.3) is 0 Å². The van der Waals surface area contributed by atoms with E-state index in [0.717, 1.165) is 6.04 Å². The van der Waals surface area contributed by atoms with Crippen LogP contribution in [0.4, 0.5) is 0 Å². The lowest BCUT2D eigenvalue weighted by Gasteiger charge is -2.46. The standard InChI is InChI=1S/C9H19N3/c1-10-3-5-12(6-4-10)9-7-11(2)8-9/h9,11H,2-8H2,1H3. The highest BCUT2D eigenvalue weighted by atomic mass is 15.3. The maximum Gasteiger partial charge on any atom is 0.104 e. The Hall–Kier alpha value is -0.120. The Morgan fingerprint density at radius 1 is 1.17 bits per heavy atom. The molecule has 0 radical (unpaired) electrons. The molecule has 70 valence electrons. The van der Waals surface area contributed by atoms with Crippen molar-refractivity contribution < 1.29 is 4.90 Å². The van der Waals surface area contributed by atoms with Crippen LogP contribution in [0.15, 0.2) is 0 Å². The molecule has 3 nitrogen and oxygen atoms in total. The number of quaternary nitrogens is 1. The average molecular weight is 169 g/mol. The van der Waals surface area contributed by atoms with Crippen molar-refractivity contribution in [3.8, 4) is 0 Å². The SMILES string of the molecule is [CH2-][NH+]1CC(N2CCN(C)CC2)C1. The summed E-state index contributed by atoms with van der Waals surface area (Å²) < 4.78 is 0. The first-order valence-corrected chi connectivity index (χ1v) is 4.85. The number of hydrogen-bond donors (Lipinski definition) is 1. The molecular weight excluding hydrogens is 150 g/mol. The lowest BCUT2D eigenvalue weighted by molar-refractivity contribution is -0.902. The first kappa shape index (κ1) is 8.48. The van der Waals surface area contributed by atoms with Gasteiger partial charge >= 0.3 is 0 Å². The molecule has 0 aromatic carbocycles. The fraction of sp³-hybridized carbons (Fsp3) is 0.889. The van der Waals surface area contributed by atoms with Crippen LogP contribution in [0.2, 0.25) is 0 Å². The third-order valence-electron chi connectivity index (χ3n) is 3.10. The van der Waals surface area contributed by atoms with Crippen LogP contribution >= 0.6 is 0 Å². The molecule has 2 fully saturated rings. The maximum absolute atomic E-state index is 3.98. The minimum Gasteiger partial charge on any atom is -0.465 e. The van der Waals surface area contributed by atoms with Gasteiger partial charge in [0.2, 0.25) is 0 Å². The van der Waals surface area contributed by atoms with Gasteiger partial charge in [-0.15, -0.1) is 0 Å². The van der Waals surface area contributed by atoms with Crippen molar-refractivity contribution >= 4 is 0 Å². The fourth-order valence-electron chi connectivity index (χ4n) is 2.05. The highest BCUT2D eigenvalue weighted by Crippen LogP contribution is 2.05. The van der Waals surface area contributed by atoms with Crippen molar-refractivity contribution in [2.75, 3.05) is 46.3 Å². The molecule has 1 N–H and O–H groups in total. The Morgan fingerprint density at radius 3 is 2.25 bits per heavy atom. The third-order valence-corrected chi connectivity index (χ3v) is 3.10. The zero-order chi connectivity index (χ0) is 8.55. The van der Waals surface area contributed by atoms with E-state index in [-0.39, 0.29) is 0 Å². The number of rotatable bonds is 1. The second-order valence-electron chi connectivity index (χ2n) is 4.15. The normalized spacial score (nSPS) is 39.5. The lowest BCUT2D eigenvalue weighted by atomic mass is 10.1. The Labute approximate surface area is 74.9 Å². The molecule has 0 aromatic heterocycles. The van der Waals surface area contributed by atoms with E-state index in [1.54, 1.807) is 0 Å². The van der Waals surface area contributed by atoms with Crippen LogP contribution in [0, 0.1) is 7.05 Å². The smallest absolute Gasteiger partial charge is 0.104 e. The predicted octanol–water partition coefficient (Wildman–Crippen LogP) is -1.71. The number of nitrogens with zero attached hydrogens (tertiary/aromatic N) is 2. The number of likely N-dealkylation sites (N-methyl/N-ethyl adjacent to an activating group) is 1. The summed E-state index contributed by atoms with van der Waals surface area (Å²) in [6.07, 6.45) is 0. The lowest BCUT2D eigenvalue weighted by Crippen LogP contribution is -3.18. The van der Waals surface area contributed by atoms with Crippen LogP contribution in [0.1, 0.15) is 0 Å². The number of nitrogens with one attached hydrogen (secondary N) is 1. The van der Waals surface area contributed by atoms with E-state index in [1.165, 1.54) is 44.2 Å². The molecule has 0 bridgehead atoms. The van der Waals surface area contributed by atoms with E-state index in [9.17, 15) is 0 Å². The van der Waals surface area contributed by atoms with E-state index in [0.29, 0.717) is 0 Å². The molecule has 2 rings (SSSR count). The highest BCUT2D eigenvalue weighted by molar-refractivity contribution is 4.79. The summed E-state index contributed by atoms with van der Waals surface area (Å²) in [4.78, 5) is 6.47. The first-order valence-electron chi connectivity index (χ1n) is 4.85. The van der Waals surface area contributed by atoms with Gasteiger partial charge in [0.15, 0.2) is 0 Å². The van der Waals surface area contributed by atoms with Crippen molar-refractivity contribution in [2.24, 2.45) is 0 Å². The van der Waals surface area contributed by atoms with E-state index in [1.807, 2.05) is 0 Å². The molecule has 0 aliphatic carbocycles. The van der Waals surface area contributed by atoms with Crippen LogP contribution < -0.4 is 4.90 Å². The molecule has 0 aromatic rings. The first-order chi connectivity index (χ1) is 5.75. The quantitative estimate of drug-likeness (QED) is 0.469. The summed E-state index contributed by atoms with van der Waals surface area (Å²) >= 11 is 0. The topological polar surface area (TPSA) is 10.9 Å². The second-order valence-corrected chi connectivity index (χ2v) is 4.15. The zero-order valence-electron chi connectivity index (χ0n) is 7.92. The Kier molecular flexibility index (Phi) is 2.35. The van der Waals surface area contributed by atoms with E-state index < -0.39 is 0 Å². The average Bonchev–Trinajstić information content (AvgIpc) is 2.01. The molecule has 0 saturated carbocycles. The van der Waals surface area contributed by atoms with Gasteiger partial charge < -0.3 is 9.80 Å². The summed E-state index contributed by atoms with van der Waals surface area (Å²) in [5.41, 5.74) is 0. The number of piperazine rings is 1. The van der Waals surface area contributed by atoms with Gasteiger partial charge in [0.25, 0.3) is 0 Å². The molecule has 0 unspecified atom stereocenters. The Balaban J connectivity index is 1.75. The van der Waals surface area contributed by atoms with Crippen LogP contribution in [-0.2, 0) is 0 Å². The van der Waals surface area contributed by atoms with Gasteiger partial charge in [-0.3, -0.25) is 4.90 Å². The Bertz CT molecular complexity index is 146. The molecule has 0 amide bonds. The molecule has 0 atom stereocenters. The van der Waals surface area contributed by atoms with E-state index in [2.05, 4.69) is 23.9 Å². The highest BCUT2D eigenvalue weighted by Gasteiger charge is 2.31. The van der Waals surface area contributed by atoms with Crippen molar-refractivity contribution in [2.45, 2.75) is 6.04 Å². The summed E-state index contributed by atoms with van der Waals surface area (Å²) in [6, 6.07) is 0.839. The third kappa shape index (κ3) is 1.63. The molecule has 2 aliphatic heterocycles. The van der Waals surface area contributed by atoms with E-state index >= 15 is 0 Å². The number of likely N-dealkylation sites (tertiary alicyclic amines) is 1. The molecular formula is C9H19N3. The Morgan fingerprint density at radius 2 is 1.75 bits per heavy atom. The van der Waals surface area contributed by atoms with Crippen LogP contribution in [-0.4, -0.2) is 62.2 Å². The van der Waals surface area contributed by atoms with Crippen molar-refractivity contribution in [1.29, 1.82) is 0 Å². The largest absolute Gasteiger partial charge is 0.465 e. The monoisotopic (exact) mass is 169 g/mol. The van der Waals surface area contributed by atoms with Crippen LogP contribution in [0.3, 0.4) is 0 Å². The summed E-state index contributed by atoms with van der Waals surface area (Å²) in [5, 5.41) is 0. The molecule has 2 heterocycles. The van der Waals surface area contributed by atoms with Gasteiger partial charge in [0, 0.05) is 26.2 Å². The summed E-state index contributed by atoms with van der Waals surface area (Å²) in [7, 11) is 6.19. The molecule has 3 heteroatoms. The second kappa shape index (κ2) is 3.32. The summed E-state index contributed by atoms with van der Waals surface area (Å²) in [5.74, 6) is 0. The fourth-order valence-corrected chi connectivity index (χ4v) is 2.05. The van der Waals surface area contributed by atoms with Crippen molar-refractivity contribution in [3.63, 3.8) is 0 Å². The van der Waals surface area contributed by atoms with Crippen molar-refractivity contribution in [1.82, 2.24) is 9.80 Å². The van der Waals surface area contributed by atoms with Crippen LogP contribution in [0.5, 0.6) is 0 Å².